The molecular formula is C11H9Cl2FN2O. The second-order valence-corrected chi connectivity index (χ2v) is 4.30. The molecule has 2 rings (SSSR count). The van der Waals surface area contributed by atoms with Gasteiger partial charge < -0.3 is 4.74 Å². The molecule has 6 heteroatoms. The van der Waals surface area contributed by atoms with Crippen molar-refractivity contribution in [2.45, 2.75) is 13.8 Å². The van der Waals surface area contributed by atoms with Gasteiger partial charge in [-0.05, 0) is 19.4 Å². The van der Waals surface area contributed by atoms with Crippen LogP contribution in [0.15, 0.2) is 0 Å². The van der Waals surface area contributed by atoms with Crippen LogP contribution in [-0.2, 0) is 0 Å². The summed E-state index contributed by atoms with van der Waals surface area (Å²) < 4.78 is 19.1. The fourth-order valence-electron chi connectivity index (χ4n) is 1.67. The molecule has 0 spiro atoms. The number of rotatable bonds is 1. The van der Waals surface area contributed by atoms with Gasteiger partial charge in [-0.15, -0.1) is 0 Å². The summed E-state index contributed by atoms with van der Waals surface area (Å²) in [6.45, 7) is 3.50. The Kier molecular flexibility index (Phi) is 3.10. The zero-order valence-corrected chi connectivity index (χ0v) is 10.9. The molecule has 0 unspecified atom stereocenters. The predicted octanol–water partition coefficient (Wildman–Crippen LogP) is 3.70. The van der Waals surface area contributed by atoms with Gasteiger partial charge in [0.2, 0.25) is 5.88 Å². The van der Waals surface area contributed by atoms with Crippen molar-refractivity contribution in [1.29, 1.82) is 0 Å². The average Bonchev–Trinajstić information content (AvgIpc) is 2.29. The van der Waals surface area contributed by atoms with Crippen molar-refractivity contribution >= 4 is 34.0 Å². The van der Waals surface area contributed by atoms with E-state index in [1.54, 1.807) is 13.8 Å². The van der Waals surface area contributed by atoms with E-state index in [9.17, 15) is 4.39 Å². The molecule has 2 aromatic rings. The van der Waals surface area contributed by atoms with E-state index in [0.29, 0.717) is 22.0 Å². The Labute approximate surface area is 108 Å². The molecule has 0 aliphatic rings. The SMILES string of the molecule is COc1nc(Cl)c(F)c2c(C)c(C)nc(Cl)c12. The van der Waals surface area contributed by atoms with Gasteiger partial charge in [-0.1, -0.05) is 23.2 Å². The van der Waals surface area contributed by atoms with Crippen molar-refractivity contribution < 1.29 is 9.13 Å². The van der Waals surface area contributed by atoms with Crippen LogP contribution < -0.4 is 4.74 Å². The molecule has 0 amide bonds. The Morgan fingerprint density at radius 1 is 1.06 bits per heavy atom. The largest absolute Gasteiger partial charge is 0.480 e. The van der Waals surface area contributed by atoms with Gasteiger partial charge in [-0.3, -0.25) is 0 Å². The van der Waals surface area contributed by atoms with Gasteiger partial charge in [0.1, 0.15) is 5.15 Å². The van der Waals surface area contributed by atoms with E-state index in [1.165, 1.54) is 7.11 Å². The van der Waals surface area contributed by atoms with Crippen LogP contribution in [0.4, 0.5) is 4.39 Å². The second kappa shape index (κ2) is 4.27. The molecular weight excluding hydrogens is 266 g/mol. The Morgan fingerprint density at radius 2 is 1.71 bits per heavy atom. The summed E-state index contributed by atoms with van der Waals surface area (Å²) in [4.78, 5) is 7.91. The lowest BCUT2D eigenvalue weighted by atomic mass is 10.1. The Hall–Kier alpha value is -1.13. The first-order chi connectivity index (χ1) is 7.97. The molecule has 0 bridgehead atoms. The number of nitrogens with zero attached hydrogens (tertiary/aromatic N) is 2. The highest BCUT2D eigenvalue weighted by atomic mass is 35.5. The summed E-state index contributed by atoms with van der Waals surface area (Å²) in [5.74, 6) is -0.431. The normalized spacial score (nSPS) is 10.9. The standard InChI is InChI=1S/C11H9Cl2FN2O/c1-4-5(2)15-9(12)7-6(4)8(14)10(13)16-11(7)17-3/h1-3H3. The van der Waals surface area contributed by atoms with Crippen LogP contribution in [0.5, 0.6) is 5.88 Å². The monoisotopic (exact) mass is 274 g/mol. The number of aryl methyl sites for hydroxylation is 2. The van der Waals surface area contributed by atoms with Crippen LogP contribution in [0.25, 0.3) is 10.8 Å². The topological polar surface area (TPSA) is 35.0 Å². The molecule has 2 aromatic heterocycles. The van der Waals surface area contributed by atoms with Gasteiger partial charge in [0.05, 0.1) is 12.5 Å². The molecule has 90 valence electrons. The molecule has 0 N–H and O–H groups in total. The van der Waals surface area contributed by atoms with E-state index in [2.05, 4.69) is 9.97 Å². The fraction of sp³-hybridized carbons (Fsp3) is 0.273. The van der Waals surface area contributed by atoms with Gasteiger partial charge in [0, 0.05) is 11.1 Å². The molecule has 3 nitrogen and oxygen atoms in total. The van der Waals surface area contributed by atoms with Crippen LogP contribution in [0.3, 0.4) is 0 Å². The maximum absolute atomic E-state index is 14.0. The quantitative estimate of drug-likeness (QED) is 0.744. The van der Waals surface area contributed by atoms with E-state index >= 15 is 0 Å². The van der Waals surface area contributed by atoms with E-state index in [0.717, 1.165) is 0 Å². The smallest absolute Gasteiger partial charge is 0.225 e. The van der Waals surface area contributed by atoms with Gasteiger partial charge in [0.15, 0.2) is 11.0 Å². The molecule has 0 saturated heterocycles. The maximum Gasteiger partial charge on any atom is 0.225 e. The number of hydrogen-bond donors (Lipinski definition) is 0. The summed E-state index contributed by atoms with van der Waals surface area (Å²) in [5, 5.41) is 0.570. The van der Waals surface area contributed by atoms with Crippen LogP contribution in [0.2, 0.25) is 10.3 Å². The lowest BCUT2D eigenvalue weighted by Gasteiger charge is -2.11. The Balaban J connectivity index is 3.08. The van der Waals surface area contributed by atoms with Crippen LogP contribution in [0.1, 0.15) is 11.3 Å². The second-order valence-electron chi connectivity index (χ2n) is 3.59. The number of ether oxygens (including phenoxy) is 1. The molecule has 0 atom stereocenters. The Morgan fingerprint density at radius 3 is 2.29 bits per heavy atom. The van der Waals surface area contributed by atoms with Crippen molar-refractivity contribution in [3.8, 4) is 5.88 Å². The highest BCUT2D eigenvalue weighted by molar-refractivity contribution is 6.36. The molecule has 2 heterocycles. The first-order valence-electron chi connectivity index (χ1n) is 4.82. The van der Waals surface area contributed by atoms with E-state index in [1.807, 2.05) is 0 Å². The van der Waals surface area contributed by atoms with Crippen molar-refractivity contribution in [3.63, 3.8) is 0 Å². The summed E-state index contributed by atoms with van der Waals surface area (Å²) in [7, 11) is 1.42. The van der Waals surface area contributed by atoms with Crippen molar-refractivity contribution in [2.75, 3.05) is 7.11 Å². The highest BCUT2D eigenvalue weighted by Gasteiger charge is 2.19. The third kappa shape index (κ3) is 1.81. The van der Waals surface area contributed by atoms with E-state index < -0.39 is 5.82 Å². The van der Waals surface area contributed by atoms with Crippen LogP contribution in [-0.4, -0.2) is 17.1 Å². The fourth-order valence-corrected chi connectivity index (χ4v) is 2.15. The number of halogens is 3. The predicted molar refractivity (Wildman–Crippen MR) is 65.5 cm³/mol. The number of aromatic nitrogens is 2. The minimum absolute atomic E-state index is 0.156. The molecule has 0 radical (unpaired) electrons. The third-order valence-corrected chi connectivity index (χ3v) is 3.17. The van der Waals surface area contributed by atoms with Gasteiger partial charge in [0.25, 0.3) is 0 Å². The molecule has 0 aromatic carbocycles. The van der Waals surface area contributed by atoms with Crippen molar-refractivity contribution in [3.05, 3.63) is 27.4 Å². The minimum atomic E-state index is -0.604. The van der Waals surface area contributed by atoms with Crippen molar-refractivity contribution in [2.24, 2.45) is 0 Å². The molecule has 0 saturated carbocycles. The number of hydrogen-bond acceptors (Lipinski definition) is 3. The molecule has 17 heavy (non-hydrogen) atoms. The zero-order chi connectivity index (χ0) is 12.7. The molecule has 0 aliphatic heterocycles. The highest BCUT2D eigenvalue weighted by Crippen LogP contribution is 2.36. The zero-order valence-electron chi connectivity index (χ0n) is 9.44. The lowest BCUT2D eigenvalue weighted by molar-refractivity contribution is 0.402. The van der Waals surface area contributed by atoms with Crippen molar-refractivity contribution in [1.82, 2.24) is 9.97 Å². The van der Waals surface area contributed by atoms with Gasteiger partial charge >= 0.3 is 0 Å². The minimum Gasteiger partial charge on any atom is -0.480 e. The van der Waals surface area contributed by atoms with E-state index in [-0.39, 0.29) is 16.2 Å². The number of fused-ring (bicyclic) bond motifs is 1. The average molecular weight is 275 g/mol. The van der Waals surface area contributed by atoms with Gasteiger partial charge in [-0.2, -0.15) is 4.98 Å². The number of methoxy groups -OCH3 is 1. The lowest BCUT2D eigenvalue weighted by Crippen LogP contribution is -1.99. The van der Waals surface area contributed by atoms with E-state index in [4.69, 9.17) is 27.9 Å². The summed E-state index contributed by atoms with van der Waals surface area (Å²) in [5.41, 5.74) is 1.32. The van der Waals surface area contributed by atoms with Crippen LogP contribution in [0, 0.1) is 19.7 Å². The maximum atomic E-state index is 14.0. The third-order valence-electron chi connectivity index (χ3n) is 2.65. The Bertz CT molecular complexity index is 608. The summed E-state index contributed by atoms with van der Waals surface area (Å²) in [6, 6.07) is 0. The van der Waals surface area contributed by atoms with Gasteiger partial charge in [-0.25, -0.2) is 9.37 Å². The number of pyridine rings is 2. The summed E-state index contributed by atoms with van der Waals surface area (Å²) >= 11 is 11.7. The van der Waals surface area contributed by atoms with Crippen LogP contribution >= 0.6 is 23.2 Å². The first kappa shape index (κ1) is 12.3. The molecule has 0 aliphatic carbocycles. The summed E-state index contributed by atoms with van der Waals surface area (Å²) in [6.07, 6.45) is 0. The molecule has 0 fully saturated rings. The first-order valence-corrected chi connectivity index (χ1v) is 5.58.